The Morgan fingerprint density at radius 1 is 1.11 bits per heavy atom. The number of hydrogen-bond acceptors (Lipinski definition) is 4. The molecule has 2 rings (SSSR count). The third-order valence-corrected chi connectivity index (χ3v) is 4.27. The minimum absolute atomic E-state index is 0.143. The molecule has 0 heterocycles. The van der Waals surface area contributed by atoms with Crippen LogP contribution in [0.3, 0.4) is 0 Å². The van der Waals surface area contributed by atoms with Crippen molar-refractivity contribution in [1.82, 2.24) is 4.90 Å². The van der Waals surface area contributed by atoms with Gasteiger partial charge in [0.2, 0.25) is 0 Å². The molecule has 0 saturated carbocycles. The first kappa shape index (κ1) is 20.9. The number of nitrogens with zero attached hydrogens (tertiary/aromatic N) is 2. The quantitative estimate of drug-likeness (QED) is 0.417. The molecule has 28 heavy (non-hydrogen) atoms. The Hall–Kier alpha value is -3.39. The van der Waals surface area contributed by atoms with Gasteiger partial charge in [0, 0.05) is 13.6 Å². The zero-order valence-electron chi connectivity index (χ0n) is 16.4. The van der Waals surface area contributed by atoms with Crippen LogP contribution < -0.4 is 0 Å². The van der Waals surface area contributed by atoms with Crippen LogP contribution in [0, 0.1) is 11.3 Å². The Kier molecular flexibility index (Phi) is 7.53. The van der Waals surface area contributed by atoms with E-state index in [1.807, 2.05) is 60.7 Å². The van der Waals surface area contributed by atoms with Crippen LogP contribution in [0.5, 0.6) is 0 Å². The molecule has 144 valence electrons. The molecule has 1 amide bonds. The van der Waals surface area contributed by atoms with Gasteiger partial charge < -0.3 is 9.64 Å². The highest BCUT2D eigenvalue weighted by atomic mass is 16.5. The van der Waals surface area contributed by atoms with Crippen LogP contribution in [-0.4, -0.2) is 30.4 Å². The molecule has 0 bridgehead atoms. The Morgan fingerprint density at radius 3 is 2.32 bits per heavy atom. The number of nitriles is 1. The summed E-state index contributed by atoms with van der Waals surface area (Å²) in [6.45, 7) is 4.19. The van der Waals surface area contributed by atoms with Gasteiger partial charge in [0.25, 0.3) is 5.91 Å². The summed E-state index contributed by atoms with van der Waals surface area (Å²) in [4.78, 5) is 25.8. The Morgan fingerprint density at radius 2 is 1.75 bits per heavy atom. The predicted molar refractivity (Wildman–Crippen MR) is 108 cm³/mol. The molecule has 0 aromatic heterocycles. The highest BCUT2D eigenvalue weighted by Gasteiger charge is 2.16. The van der Waals surface area contributed by atoms with Crippen LogP contribution in [0.15, 0.2) is 60.2 Å². The van der Waals surface area contributed by atoms with Gasteiger partial charge in [-0.1, -0.05) is 68.4 Å². The van der Waals surface area contributed by atoms with Gasteiger partial charge in [0.05, 0.1) is 0 Å². The molecule has 0 aliphatic rings. The second-order valence-corrected chi connectivity index (χ2v) is 6.80. The van der Waals surface area contributed by atoms with Crippen molar-refractivity contribution in [1.29, 1.82) is 5.26 Å². The second-order valence-electron chi connectivity index (χ2n) is 6.80. The fourth-order valence-corrected chi connectivity index (χ4v) is 2.54. The lowest BCUT2D eigenvalue weighted by Gasteiger charge is -2.17. The normalized spacial score (nSPS) is 11.0. The van der Waals surface area contributed by atoms with Crippen LogP contribution in [-0.2, 0) is 20.9 Å². The minimum Gasteiger partial charge on any atom is -0.451 e. The number of carbonyl (C=O) groups excluding carboxylic acids is 2. The van der Waals surface area contributed by atoms with Crippen LogP contribution >= 0.6 is 0 Å². The van der Waals surface area contributed by atoms with Crippen molar-refractivity contribution in [3.63, 3.8) is 0 Å². The molecule has 2 aromatic carbocycles. The van der Waals surface area contributed by atoms with Crippen molar-refractivity contribution in [2.24, 2.45) is 0 Å². The van der Waals surface area contributed by atoms with Gasteiger partial charge in [-0.15, -0.1) is 0 Å². The second kappa shape index (κ2) is 10.1. The number of esters is 1. The Bertz CT molecular complexity index is 878. The molecule has 0 saturated heterocycles. The third-order valence-electron chi connectivity index (χ3n) is 4.27. The number of carbonyl (C=O) groups is 2. The van der Waals surface area contributed by atoms with Crippen molar-refractivity contribution in [3.05, 3.63) is 76.9 Å². The summed E-state index contributed by atoms with van der Waals surface area (Å²) in [5.41, 5.74) is 2.73. The summed E-state index contributed by atoms with van der Waals surface area (Å²) in [5.74, 6) is -0.745. The summed E-state index contributed by atoms with van der Waals surface area (Å²) in [7, 11) is 1.64. The SMILES string of the molecule is CC(C)c1ccc(/C=C(\C#N)C(=O)OCC(=O)N(C)Cc2ccccc2)cc1. The van der Waals surface area contributed by atoms with Crippen LogP contribution in [0.1, 0.15) is 36.5 Å². The standard InChI is InChI=1S/C23H24N2O3/c1-17(2)20-11-9-18(10-12-20)13-21(14-24)23(27)28-16-22(26)25(3)15-19-7-5-4-6-8-19/h4-13,17H,15-16H2,1-3H3/b21-13+. The van der Waals surface area contributed by atoms with Crippen LogP contribution in [0.4, 0.5) is 0 Å². The lowest BCUT2D eigenvalue weighted by Crippen LogP contribution is -2.31. The molecule has 0 aliphatic heterocycles. The molecule has 0 radical (unpaired) electrons. The van der Waals surface area contributed by atoms with Gasteiger partial charge in [-0.25, -0.2) is 4.79 Å². The van der Waals surface area contributed by atoms with Crippen molar-refractivity contribution in [2.45, 2.75) is 26.3 Å². The Balaban J connectivity index is 1.94. The van der Waals surface area contributed by atoms with E-state index in [0.717, 1.165) is 11.1 Å². The van der Waals surface area contributed by atoms with Crippen LogP contribution in [0.2, 0.25) is 0 Å². The van der Waals surface area contributed by atoms with E-state index in [2.05, 4.69) is 13.8 Å². The zero-order chi connectivity index (χ0) is 20.5. The molecule has 0 N–H and O–H groups in total. The van der Waals surface area contributed by atoms with E-state index in [-0.39, 0.29) is 11.5 Å². The van der Waals surface area contributed by atoms with E-state index in [4.69, 9.17) is 4.74 Å². The first-order chi connectivity index (χ1) is 13.4. The topological polar surface area (TPSA) is 70.4 Å². The van der Waals surface area contributed by atoms with Gasteiger partial charge in [0.1, 0.15) is 11.6 Å². The summed E-state index contributed by atoms with van der Waals surface area (Å²) < 4.78 is 5.03. The van der Waals surface area contributed by atoms with E-state index in [1.54, 1.807) is 7.05 Å². The first-order valence-corrected chi connectivity index (χ1v) is 9.07. The molecule has 0 atom stereocenters. The van der Waals surface area contributed by atoms with Crippen molar-refractivity contribution >= 4 is 18.0 Å². The molecule has 2 aromatic rings. The van der Waals surface area contributed by atoms with E-state index >= 15 is 0 Å². The molecule has 0 aliphatic carbocycles. The van der Waals surface area contributed by atoms with Gasteiger partial charge >= 0.3 is 5.97 Å². The average molecular weight is 376 g/mol. The summed E-state index contributed by atoms with van der Waals surface area (Å²) in [6, 6.07) is 19.0. The highest BCUT2D eigenvalue weighted by Crippen LogP contribution is 2.16. The molecule has 0 unspecified atom stereocenters. The average Bonchev–Trinajstić information content (AvgIpc) is 2.70. The lowest BCUT2D eigenvalue weighted by molar-refractivity contribution is -0.148. The number of amides is 1. The molecule has 0 spiro atoms. The summed E-state index contributed by atoms with van der Waals surface area (Å²) in [6.07, 6.45) is 1.46. The lowest BCUT2D eigenvalue weighted by atomic mass is 10.0. The number of benzene rings is 2. The smallest absolute Gasteiger partial charge is 0.349 e. The zero-order valence-corrected chi connectivity index (χ0v) is 16.4. The molecular formula is C23H24N2O3. The molecule has 5 nitrogen and oxygen atoms in total. The monoisotopic (exact) mass is 376 g/mol. The summed E-state index contributed by atoms with van der Waals surface area (Å²) >= 11 is 0. The van der Waals surface area contributed by atoms with E-state index < -0.39 is 12.6 Å². The van der Waals surface area contributed by atoms with Gasteiger partial charge in [-0.3, -0.25) is 4.79 Å². The predicted octanol–water partition coefficient (Wildman–Crippen LogP) is 3.92. The largest absolute Gasteiger partial charge is 0.451 e. The van der Waals surface area contributed by atoms with Gasteiger partial charge in [0.15, 0.2) is 6.61 Å². The molecule has 0 fully saturated rings. The number of ether oxygens (including phenoxy) is 1. The fourth-order valence-electron chi connectivity index (χ4n) is 2.54. The maximum Gasteiger partial charge on any atom is 0.349 e. The number of rotatable bonds is 7. The molecule has 5 heteroatoms. The van der Waals surface area contributed by atoms with E-state index in [0.29, 0.717) is 12.5 Å². The van der Waals surface area contributed by atoms with Crippen molar-refractivity contribution in [2.75, 3.05) is 13.7 Å². The van der Waals surface area contributed by atoms with Gasteiger partial charge in [-0.2, -0.15) is 5.26 Å². The third kappa shape index (κ3) is 6.10. The Labute approximate surface area is 165 Å². The number of likely N-dealkylation sites (N-methyl/N-ethyl adjacent to an activating group) is 1. The van der Waals surface area contributed by atoms with E-state index in [1.165, 1.54) is 16.5 Å². The maximum atomic E-state index is 12.2. The van der Waals surface area contributed by atoms with E-state index in [9.17, 15) is 14.9 Å². The highest BCUT2D eigenvalue weighted by molar-refractivity contribution is 5.98. The number of hydrogen-bond donors (Lipinski definition) is 0. The van der Waals surface area contributed by atoms with Gasteiger partial charge in [-0.05, 0) is 28.7 Å². The maximum absolute atomic E-state index is 12.2. The fraction of sp³-hybridized carbons (Fsp3) is 0.261. The first-order valence-electron chi connectivity index (χ1n) is 9.07. The van der Waals surface area contributed by atoms with Crippen molar-refractivity contribution < 1.29 is 14.3 Å². The van der Waals surface area contributed by atoms with Crippen LogP contribution in [0.25, 0.3) is 6.08 Å². The van der Waals surface area contributed by atoms with Crippen molar-refractivity contribution in [3.8, 4) is 6.07 Å². The minimum atomic E-state index is -0.808. The molecular weight excluding hydrogens is 352 g/mol. The summed E-state index contributed by atoms with van der Waals surface area (Å²) in [5, 5.41) is 9.26.